The topological polar surface area (TPSA) is 67.6 Å². The number of benzene rings is 1. The van der Waals surface area contributed by atoms with Crippen molar-refractivity contribution < 1.29 is 14.1 Å². The number of urea groups is 1. The number of nitrogens with one attached hydrogen (secondary N) is 1. The van der Waals surface area contributed by atoms with E-state index in [1.807, 2.05) is 42.2 Å². The predicted octanol–water partition coefficient (Wildman–Crippen LogP) is 4.57. The largest absolute Gasteiger partial charge is 0.492 e. The van der Waals surface area contributed by atoms with Crippen LogP contribution in [-0.4, -0.2) is 29.2 Å². The molecule has 1 aromatic carbocycles. The molecule has 1 atom stereocenters. The van der Waals surface area contributed by atoms with Gasteiger partial charge < -0.3 is 19.5 Å². The number of likely N-dealkylation sites (tertiary alicyclic amines) is 1. The summed E-state index contributed by atoms with van der Waals surface area (Å²) in [4.78, 5) is 14.6. The maximum absolute atomic E-state index is 12.8. The highest BCUT2D eigenvalue weighted by Gasteiger charge is 2.32. The quantitative estimate of drug-likeness (QED) is 0.864. The molecule has 1 saturated heterocycles. The first-order valence-corrected chi connectivity index (χ1v) is 8.86. The first kappa shape index (κ1) is 17.3. The summed E-state index contributed by atoms with van der Waals surface area (Å²) in [5.41, 5.74) is 1.51. The van der Waals surface area contributed by atoms with Gasteiger partial charge in [-0.2, -0.15) is 0 Å². The van der Waals surface area contributed by atoms with Crippen LogP contribution in [0.3, 0.4) is 0 Å². The summed E-state index contributed by atoms with van der Waals surface area (Å²) in [6, 6.07) is 9.26. The van der Waals surface area contributed by atoms with Crippen molar-refractivity contribution in [3.8, 4) is 5.75 Å². The van der Waals surface area contributed by atoms with Gasteiger partial charge in [0.25, 0.3) is 0 Å². The Hall–Kier alpha value is -2.50. The van der Waals surface area contributed by atoms with Crippen LogP contribution in [0.15, 0.2) is 34.9 Å². The van der Waals surface area contributed by atoms with E-state index >= 15 is 0 Å². The number of carbonyl (C=O) groups excluding carboxylic acids is 1. The van der Waals surface area contributed by atoms with E-state index in [2.05, 4.69) is 24.3 Å². The smallest absolute Gasteiger partial charge is 0.322 e. The fraction of sp³-hybridized carbons (Fsp3) is 0.474. The number of hydrogen-bond acceptors (Lipinski definition) is 4. The van der Waals surface area contributed by atoms with E-state index in [0.29, 0.717) is 24.6 Å². The van der Waals surface area contributed by atoms with Crippen LogP contribution in [0.25, 0.3) is 0 Å². The van der Waals surface area contributed by atoms with Crippen molar-refractivity contribution in [2.45, 2.75) is 45.6 Å². The molecule has 0 bridgehead atoms. The van der Waals surface area contributed by atoms with E-state index in [4.69, 9.17) is 9.26 Å². The normalized spacial score (nSPS) is 17.1. The average Bonchev–Trinajstić information content (AvgIpc) is 3.25. The van der Waals surface area contributed by atoms with Gasteiger partial charge in [0.15, 0.2) is 0 Å². The summed E-state index contributed by atoms with van der Waals surface area (Å²) in [7, 11) is 0. The van der Waals surface area contributed by atoms with Crippen molar-refractivity contribution in [2.75, 3.05) is 18.5 Å². The molecule has 1 fully saturated rings. The van der Waals surface area contributed by atoms with Crippen molar-refractivity contribution in [1.29, 1.82) is 0 Å². The molecule has 0 radical (unpaired) electrons. The Morgan fingerprint density at radius 1 is 1.44 bits per heavy atom. The number of carbonyl (C=O) groups is 1. The minimum Gasteiger partial charge on any atom is -0.492 e. The second-order valence-electron chi connectivity index (χ2n) is 6.52. The van der Waals surface area contributed by atoms with Gasteiger partial charge in [0.05, 0.1) is 18.3 Å². The molecule has 1 unspecified atom stereocenters. The molecule has 0 aliphatic carbocycles. The van der Waals surface area contributed by atoms with Crippen LogP contribution in [0.1, 0.15) is 57.0 Å². The molecule has 1 N–H and O–H groups in total. The zero-order valence-corrected chi connectivity index (χ0v) is 15.0. The average molecular weight is 343 g/mol. The predicted molar refractivity (Wildman–Crippen MR) is 95.9 cm³/mol. The molecule has 2 amide bonds. The summed E-state index contributed by atoms with van der Waals surface area (Å²) in [6.45, 7) is 7.31. The number of amides is 2. The number of hydrogen-bond donors (Lipinski definition) is 1. The Morgan fingerprint density at radius 3 is 2.96 bits per heavy atom. The Balaban J connectivity index is 1.74. The molecule has 6 heteroatoms. The fourth-order valence-electron chi connectivity index (χ4n) is 3.09. The first-order chi connectivity index (χ1) is 12.1. The van der Waals surface area contributed by atoms with E-state index in [1.165, 1.54) is 0 Å². The molecular weight excluding hydrogens is 318 g/mol. The second kappa shape index (κ2) is 7.59. The lowest BCUT2D eigenvalue weighted by Crippen LogP contribution is -2.34. The molecule has 1 aliphatic heterocycles. The Bertz CT molecular complexity index is 726. The lowest BCUT2D eigenvalue weighted by atomic mass is 10.1. The Kier molecular flexibility index (Phi) is 5.26. The summed E-state index contributed by atoms with van der Waals surface area (Å²) < 4.78 is 11.0. The summed E-state index contributed by atoms with van der Waals surface area (Å²) in [5, 5.41) is 7.15. The van der Waals surface area contributed by atoms with Crippen LogP contribution in [0.2, 0.25) is 0 Å². The molecule has 3 rings (SSSR count). The molecule has 6 nitrogen and oxygen atoms in total. The molecule has 2 heterocycles. The minimum atomic E-state index is -0.135. The number of para-hydroxylation sites is 2. The summed E-state index contributed by atoms with van der Waals surface area (Å²) in [5.74, 6) is 1.81. The van der Waals surface area contributed by atoms with E-state index in [0.717, 1.165) is 24.3 Å². The van der Waals surface area contributed by atoms with Gasteiger partial charge in [-0.05, 0) is 31.9 Å². The van der Waals surface area contributed by atoms with Gasteiger partial charge in [-0.1, -0.05) is 31.1 Å². The molecule has 25 heavy (non-hydrogen) atoms. The lowest BCUT2D eigenvalue weighted by Gasteiger charge is -2.24. The number of nitrogens with zero attached hydrogens (tertiary/aromatic N) is 2. The number of ether oxygens (including phenoxy) is 1. The highest BCUT2D eigenvalue weighted by Crippen LogP contribution is 2.34. The van der Waals surface area contributed by atoms with Gasteiger partial charge in [-0.25, -0.2) is 4.79 Å². The Labute approximate surface area is 148 Å². The standard InChI is InChI=1S/C19H25N3O3/c1-4-24-17-10-6-5-8-14(17)20-19(23)22-11-7-9-16(22)15-12-18(13(2)3)25-21-15/h5-6,8,10,12-13,16H,4,7,9,11H2,1-3H3,(H,20,23). The van der Waals surface area contributed by atoms with Gasteiger partial charge >= 0.3 is 6.03 Å². The molecule has 1 aliphatic rings. The Morgan fingerprint density at radius 2 is 2.24 bits per heavy atom. The fourth-order valence-corrected chi connectivity index (χ4v) is 3.09. The van der Waals surface area contributed by atoms with Crippen molar-refractivity contribution in [3.63, 3.8) is 0 Å². The van der Waals surface area contributed by atoms with Gasteiger partial charge in [0.2, 0.25) is 0 Å². The third-order valence-electron chi connectivity index (χ3n) is 4.40. The van der Waals surface area contributed by atoms with Crippen molar-refractivity contribution in [2.24, 2.45) is 0 Å². The van der Waals surface area contributed by atoms with Crippen molar-refractivity contribution in [3.05, 3.63) is 41.8 Å². The van der Waals surface area contributed by atoms with Crippen molar-refractivity contribution >= 4 is 11.7 Å². The van der Waals surface area contributed by atoms with Crippen LogP contribution < -0.4 is 10.1 Å². The molecule has 2 aromatic rings. The number of aromatic nitrogens is 1. The van der Waals surface area contributed by atoms with Crippen molar-refractivity contribution in [1.82, 2.24) is 10.1 Å². The van der Waals surface area contributed by atoms with Crippen LogP contribution >= 0.6 is 0 Å². The molecular formula is C19H25N3O3. The van der Waals surface area contributed by atoms with E-state index in [1.54, 1.807) is 0 Å². The van der Waals surface area contributed by atoms with Gasteiger partial charge in [0, 0.05) is 18.5 Å². The van der Waals surface area contributed by atoms with Gasteiger partial charge in [-0.15, -0.1) is 0 Å². The number of anilines is 1. The molecule has 0 saturated carbocycles. The monoisotopic (exact) mass is 343 g/mol. The zero-order valence-electron chi connectivity index (χ0n) is 15.0. The highest BCUT2D eigenvalue weighted by molar-refractivity contribution is 5.91. The SMILES string of the molecule is CCOc1ccccc1NC(=O)N1CCCC1c1cc(C(C)C)on1. The third-order valence-corrected chi connectivity index (χ3v) is 4.40. The van der Waals surface area contributed by atoms with E-state index in [9.17, 15) is 4.79 Å². The second-order valence-corrected chi connectivity index (χ2v) is 6.52. The lowest BCUT2D eigenvalue weighted by molar-refractivity contribution is 0.204. The first-order valence-electron chi connectivity index (χ1n) is 8.86. The number of rotatable bonds is 5. The minimum absolute atomic E-state index is 0.0458. The van der Waals surface area contributed by atoms with Crippen LogP contribution in [0, 0.1) is 0 Å². The molecule has 1 aromatic heterocycles. The maximum Gasteiger partial charge on any atom is 0.322 e. The summed E-state index contributed by atoms with van der Waals surface area (Å²) >= 11 is 0. The van der Waals surface area contributed by atoms with Gasteiger partial charge in [-0.3, -0.25) is 0 Å². The van der Waals surface area contributed by atoms with Gasteiger partial charge in [0.1, 0.15) is 17.2 Å². The van der Waals surface area contributed by atoms with Crippen LogP contribution in [-0.2, 0) is 0 Å². The van der Waals surface area contributed by atoms with Crippen LogP contribution in [0.5, 0.6) is 5.75 Å². The summed E-state index contributed by atoms with van der Waals surface area (Å²) in [6.07, 6.45) is 1.85. The third kappa shape index (κ3) is 3.78. The molecule has 134 valence electrons. The van der Waals surface area contributed by atoms with E-state index in [-0.39, 0.29) is 18.0 Å². The maximum atomic E-state index is 12.8. The van der Waals surface area contributed by atoms with Crippen LogP contribution in [0.4, 0.5) is 10.5 Å². The zero-order chi connectivity index (χ0) is 17.8. The highest BCUT2D eigenvalue weighted by atomic mass is 16.5. The van der Waals surface area contributed by atoms with E-state index < -0.39 is 0 Å². The molecule has 0 spiro atoms.